The molecule has 1 heterocycles. The van der Waals surface area contributed by atoms with E-state index in [4.69, 9.17) is 0 Å². The molecular weight excluding hydrogens is 235 g/mol. The van der Waals surface area contributed by atoms with E-state index in [1.54, 1.807) is 29.7 Å². The molecule has 0 unspecified atom stereocenters. The largest absolute Gasteiger partial charge is 0.335 e. The van der Waals surface area contributed by atoms with Gasteiger partial charge in [-0.2, -0.15) is 5.10 Å². The van der Waals surface area contributed by atoms with Crippen LogP contribution in [0.4, 0.5) is 9.18 Å². The van der Waals surface area contributed by atoms with Crippen molar-refractivity contribution in [2.75, 3.05) is 13.6 Å². The fourth-order valence-corrected chi connectivity index (χ4v) is 2.14. The Morgan fingerprint density at radius 1 is 1.67 bits per heavy atom. The van der Waals surface area contributed by atoms with E-state index in [0.717, 1.165) is 0 Å². The molecule has 0 aliphatic heterocycles. The molecule has 100 valence electrons. The van der Waals surface area contributed by atoms with Crippen LogP contribution in [0.15, 0.2) is 18.5 Å². The van der Waals surface area contributed by atoms with Gasteiger partial charge in [0.05, 0.1) is 6.54 Å². The summed E-state index contributed by atoms with van der Waals surface area (Å²) in [7, 11) is 1.73. The molecule has 1 aromatic rings. The van der Waals surface area contributed by atoms with Crippen LogP contribution in [0.5, 0.6) is 0 Å². The van der Waals surface area contributed by atoms with Gasteiger partial charge in [-0.1, -0.05) is 0 Å². The van der Waals surface area contributed by atoms with Crippen molar-refractivity contribution >= 4 is 6.03 Å². The third-order valence-electron chi connectivity index (χ3n) is 3.24. The Kier molecular flexibility index (Phi) is 3.54. The normalized spacial score (nSPS) is 26.5. The number of likely N-dealkylation sites (N-methyl/N-ethyl adjacent to an activating group) is 1. The highest BCUT2D eigenvalue weighted by Crippen LogP contribution is 2.35. The summed E-state index contributed by atoms with van der Waals surface area (Å²) in [6.45, 7) is 2.80. The number of amides is 2. The SMILES string of the molecule is CN(CCn1cccn1)C(=O)NC1CC(C)(F)C1. The highest BCUT2D eigenvalue weighted by molar-refractivity contribution is 5.74. The molecule has 1 N–H and O–H groups in total. The number of urea groups is 1. The number of nitrogens with one attached hydrogen (secondary N) is 1. The molecule has 1 aromatic heterocycles. The Morgan fingerprint density at radius 2 is 2.39 bits per heavy atom. The monoisotopic (exact) mass is 254 g/mol. The van der Waals surface area contributed by atoms with Crippen LogP contribution < -0.4 is 5.32 Å². The summed E-state index contributed by atoms with van der Waals surface area (Å²) < 4.78 is 15.0. The number of aromatic nitrogens is 2. The fraction of sp³-hybridized carbons (Fsp3) is 0.667. The maximum Gasteiger partial charge on any atom is 0.317 e. The third kappa shape index (κ3) is 3.21. The minimum Gasteiger partial charge on any atom is -0.335 e. The van der Waals surface area contributed by atoms with Gasteiger partial charge in [-0.15, -0.1) is 0 Å². The van der Waals surface area contributed by atoms with Crippen LogP contribution in [0, 0.1) is 0 Å². The summed E-state index contributed by atoms with van der Waals surface area (Å²) in [4.78, 5) is 13.4. The number of carbonyl (C=O) groups excluding carboxylic acids is 1. The molecule has 0 spiro atoms. The summed E-state index contributed by atoms with van der Waals surface area (Å²) in [6.07, 6.45) is 4.38. The highest BCUT2D eigenvalue weighted by atomic mass is 19.1. The van der Waals surface area contributed by atoms with E-state index in [0.29, 0.717) is 25.9 Å². The van der Waals surface area contributed by atoms with Crippen molar-refractivity contribution in [1.82, 2.24) is 20.0 Å². The Bertz CT molecular complexity index is 396. The number of carbonyl (C=O) groups is 1. The molecule has 2 amide bonds. The van der Waals surface area contributed by atoms with E-state index in [2.05, 4.69) is 10.4 Å². The van der Waals surface area contributed by atoms with Gasteiger partial charge in [0.1, 0.15) is 5.67 Å². The van der Waals surface area contributed by atoms with Gasteiger partial charge >= 0.3 is 6.03 Å². The smallest absolute Gasteiger partial charge is 0.317 e. The molecule has 2 rings (SSSR count). The van der Waals surface area contributed by atoms with Gasteiger partial charge < -0.3 is 10.2 Å². The average molecular weight is 254 g/mol. The molecule has 1 saturated carbocycles. The number of nitrogens with zero attached hydrogens (tertiary/aromatic N) is 3. The lowest BCUT2D eigenvalue weighted by molar-refractivity contribution is 0.0503. The first-order valence-corrected chi connectivity index (χ1v) is 6.14. The zero-order chi connectivity index (χ0) is 13.2. The molecule has 0 aromatic carbocycles. The predicted octanol–water partition coefficient (Wildman–Crippen LogP) is 1.42. The van der Waals surface area contributed by atoms with E-state index in [1.165, 1.54) is 0 Å². The number of halogens is 1. The van der Waals surface area contributed by atoms with Crippen molar-refractivity contribution in [3.63, 3.8) is 0 Å². The fourth-order valence-electron chi connectivity index (χ4n) is 2.14. The Hall–Kier alpha value is -1.59. The summed E-state index contributed by atoms with van der Waals surface area (Å²) >= 11 is 0. The van der Waals surface area contributed by atoms with E-state index in [1.807, 2.05) is 12.3 Å². The second kappa shape index (κ2) is 4.96. The standard InChI is InChI=1S/C12H19FN4O/c1-12(13)8-10(9-12)15-11(18)16(2)6-7-17-5-3-4-14-17/h3-5,10H,6-9H2,1-2H3,(H,15,18). The van der Waals surface area contributed by atoms with Crippen molar-refractivity contribution in [3.8, 4) is 0 Å². The van der Waals surface area contributed by atoms with Crippen LogP contribution in [0.1, 0.15) is 19.8 Å². The molecule has 0 atom stereocenters. The first-order chi connectivity index (χ1) is 8.46. The van der Waals surface area contributed by atoms with Gasteiger partial charge in [0.2, 0.25) is 0 Å². The van der Waals surface area contributed by atoms with Crippen LogP contribution >= 0.6 is 0 Å². The maximum absolute atomic E-state index is 13.3. The molecule has 1 aliphatic rings. The molecule has 1 aliphatic carbocycles. The highest BCUT2D eigenvalue weighted by Gasteiger charge is 2.41. The number of hydrogen-bond donors (Lipinski definition) is 1. The summed E-state index contributed by atoms with van der Waals surface area (Å²) in [5, 5.41) is 6.88. The van der Waals surface area contributed by atoms with Gasteiger partial charge in [-0.25, -0.2) is 9.18 Å². The van der Waals surface area contributed by atoms with Crippen molar-refractivity contribution < 1.29 is 9.18 Å². The molecule has 18 heavy (non-hydrogen) atoms. The van der Waals surface area contributed by atoms with Crippen molar-refractivity contribution in [2.24, 2.45) is 0 Å². The van der Waals surface area contributed by atoms with Gasteiger partial charge in [0, 0.05) is 44.9 Å². The Labute approximate surface area is 106 Å². The molecule has 0 saturated heterocycles. The second-order valence-electron chi connectivity index (χ2n) is 5.16. The number of alkyl halides is 1. The first-order valence-electron chi connectivity index (χ1n) is 6.14. The van der Waals surface area contributed by atoms with Crippen molar-refractivity contribution in [3.05, 3.63) is 18.5 Å². The lowest BCUT2D eigenvalue weighted by Crippen LogP contribution is -2.54. The van der Waals surface area contributed by atoms with Gasteiger partial charge in [-0.05, 0) is 13.0 Å². The topological polar surface area (TPSA) is 50.2 Å². The Morgan fingerprint density at radius 3 is 2.94 bits per heavy atom. The van der Waals surface area contributed by atoms with Gasteiger partial charge in [0.25, 0.3) is 0 Å². The number of hydrogen-bond acceptors (Lipinski definition) is 2. The van der Waals surface area contributed by atoms with Crippen LogP contribution in [0.25, 0.3) is 0 Å². The van der Waals surface area contributed by atoms with Crippen LogP contribution in [0.3, 0.4) is 0 Å². The quantitative estimate of drug-likeness (QED) is 0.883. The van der Waals surface area contributed by atoms with Crippen molar-refractivity contribution in [1.29, 1.82) is 0 Å². The number of rotatable bonds is 4. The lowest BCUT2D eigenvalue weighted by Gasteiger charge is -2.39. The van der Waals surface area contributed by atoms with E-state index >= 15 is 0 Å². The third-order valence-corrected chi connectivity index (χ3v) is 3.24. The first kappa shape index (κ1) is 12.9. The molecular formula is C12H19FN4O. The maximum atomic E-state index is 13.3. The molecule has 1 fully saturated rings. The minimum atomic E-state index is -1.11. The van der Waals surface area contributed by atoms with Gasteiger partial charge in [-0.3, -0.25) is 4.68 Å². The molecule has 6 heteroatoms. The van der Waals surface area contributed by atoms with Crippen LogP contribution in [-0.2, 0) is 6.54 Å². The van der Waals surface area contributed by atoms with E-state index in [-0.39, 0.29) is 12.1 Å². The summed E-state index contributed by atoms with van der Waals surface area (Å²) in [5.74, 6) is 0. The van der Waals surface area contributed by atoms with E-state index < -0.39 is 5.67 Å². The summed E-state index contributed by atoms with van der Waals surface area (Å²) in [5.41, 5.74) is -1.11. The van der Waals surface area contributed by atoms with Gasteiger partial charge in [0.15, 0.2) is 0 Å². The zero-order valence-electron chi connectivity index (χ0n) is 10.8. The molecule has 0 bridgehead atoms. The average Bonchev–Trinajstić information content (AvgIpc) is 2.76. The summed E-state index contributed by atoms with van der Waals surface area (Å²) in [6, 6.07) is 1.67. The lowest BCUT2D eigenvalue weighted by atomic mass is 9.79. The van der Waals surface area contributed by atoms with Crippen LogP contribution in [-0.4, -0.2) is 46.0 Å². The predicted molar refractivity (Wildman–Crippen MR) is 65.9 cm³/mol. The van der Waals surface area contributed by atoms with Crippen molar-refractivity contribution in [2.45, 2.75) is 38.0 Å². The Balaban J connectivity index is 1.69. The molecule has 5 nitrogen and oxygen atoms in total. The molecule has 0 radical (unpaired) electrons. The second-order valence-corrected chi connectivity index (χ2v) is 5.16. The van der Waals surface area contributed by atoms with E-state index in [9.17, 15) is 9.18 Å². The van der Waals surface area contributed by atoms with Crippen LogP contribution in [0.2, 0.25) is 0 Å². The minimum absolute atomic E-state index is 0.0281. The zero-order valence-corrected chi connectivity index (χ0v) is 10.8.